The van der Waals surface area contributed by atoms with Crippen molar-refractivity contribution in [1.82, 2.24) is 15.0 Å². The summed E-state index contributed by atoms with van der Waals surface area (Å²) in [4.78, 5) is 26.1. The zero-order valence-corrected chi connectivity index (χ0v) is 20.9. The van der Waals surface area contributed by atoms with Crippen LogP contribution in [0.1, 0.15) is 54.9 Å². The maximum Gasteiger partial charge on any atom is 0.256 e. The molecule has 0 aliphatic heterocycles. The summed E-state index contributed by atoms with van der Waals surface area (Å²) in [6, 6.07) is 11.9. The smallest absolute Gasteiger partial charge is 0.256 e. The van der Waals surface area contributed by atoms with Crippen LogP contribution in [0.3, 0.4) is 0 Å². The summed E-state index contributed by atoms with van der Waals surface area (Å²) in [7, 11) is 0. The van der Waals surface area contributed by atoms with Gasteiger partial charge in [-0.2, -0.15) is 0 Å². The minimum atomic E-state index is -0.182. The molecule has 0 aliphatic carbocycles. The van der Waals surface area contributed by atoms with Crippen molar-refractivity contribution < 1.29 is 13.9 Å². The van der Waals surface area contributed by atoms with E-state index in [9.17, 15) is 4.79 Å². The highest BCUT2D eigenvalue weighted by atomic mass is 32.1. The fourth-order valence-corrected chi connectivity index (χ4v) is 5.11. The Morgan fingerprint density at radius 1 is 1.14 bits per heavy atom. The first-order chi connectivity index (χ1) is 17.0. The van der Waals surface area contributed by atoms with E-state index in [0.717, 1.165) is 46.5 Å². The molecule has 0 bridgehead atoms. The van der Waals surface area contributed by atoms with E-state index in [1.807, 2.05) is 57.4 Å². The first kappa shape index (κ1) is 23.1. The third-order valence-electron chi connectivity index (χ3n) is 6.22. The predicted octanol–water partition coefficient (Wildman–Crippen LogP) is 6.37. The first-order valence-electron chi connectivity index (χ1n) is 11.7. The van der Waals surface area contributed by atoms with Crippen LogP contribution in [0.4, 0.5) is 0 Å². The van der Waals surface area contributed by atoms with Crippen LogP contribution in [-0.2, 0) is 12.8 Å². The molecular formula is C28H27N3O3S. The van der Waals surface area contributed by atoms with Crippen LogP contribution < -0.4 is 4.74 Å². The standard InChI is InChI=1S/C28H27N3O3S/c1-17-25-23(9-4-10-24(25)34-27(17)26(32)28-31-18(2)19(3)35-28)33-14-6-8-22-21(11-13-30-22)15-20-7-5-12-29-16-20/h4-5,7,9-13,16,30H,6,8,14-15H2,1-3H3. The van der Waals surface area contributed by atoms with Crippen molar-refractivity contribution in [2.45, 2.75) is 40.0 Å². The van der Waals surface area contributed by atoms with E-state index in [1.165, 1.54) is 28.2 Å². The molecule has 7 heteroatoms. The Labute approximate surface area is 208 Å². The Bertz CT molecular complexity index is 1460. The zero-order chi connectivity index (χ0) is 24.4. The van der Waals surface area contributed by atoms with Crippen LogP contribution >= 0.6 is 11.3 Å². The quantitative estimate of drug-likeness (QED) is 0.194. The summed E-state index contributed by atoms with van der Waals surface area (Å²) < 4.78 is 12.1. The van der Waals surface area contributed by atoms with Crippen molar-refractivity contribution in [1.29, 1.82) is 0 Å². The molecule has 5 rings (SSSR count). The molecule has 4 aromatic heterocycles. The second kappa shape index (κ2) is 9.88. The van der Waals surface area contributed by atoms with Gasteiger partial charge in [0.2, 0.25) is 0 Å². The van der Waals surface area contributed by atoms with E-state index >= 15 is 0 Å². The van der Waals surface area contributed by atoms with Crippen molar-refractivity contribution >= 4 is 28.1 Å². The van der Waals surface area contributed by atoms with E-state index in [4.69, 9.17) is 9.15 Å². The van der Waals surface area contributed by atoms with Gasteiger partial charge < -0.3 is 14.1 Å². The van der Waals surface area contributed by atoms with Gasteiger partial charge in [0.1, 0.15) is 11.3 Å². The number of carbonyl (C=O) groups is 1. The van der Waals surface area contributed by atoms with Gasteiger partial charge in [0.15, 0.2) is 10.8 Å². The van der Waals surface area contributed by atoms with Crippen LogP contribution in [0.2, 0.25) is 0 Å². The predicted molar refractivity (Wildman–Crippen MR) is 138 cm³/mol. The van der Waals surface area contributed by atoms with Crippen molar-refractivity contribution in [3.8, 4) is 5.75 Å². The van der Waals surface area contributed by atoms with E-state index in [-0.39, 0.29) is 5.78 Å². The highest BCUT2D eigenvalue weighted by Crippen LogP contribution is 2.35. The molecule has 178 valence electrons. The van der Waals surface area contributed by atoms with E-state index in [2.05, 4.69) is 27.1 Å². The molecule has 1 N–H and O–H groups in total. The number of pyridine rings is 1. The van der Waals surface area contributed by atoms with Gasteiger partial charge in [-0.05, 0) is 69.0 Å². The molecule has 0 aliphatic rings. The lowest BCUT2D eigenvalue weighted by Crippen LogP contribution is -2.02. The Kier molecular flexibility index (Phi) is 6.51. The number of carbonyl (C=O) groups excluding carboxylic acids is 1. The van der Waals surface area contributed by atoms with Gasteiger partial charge in [-0.15, -0.1) is 11.3 Å². The number of furan rings is 1. The fraction of sp³-hybridized carbons (Fsp3) is 0.250. The second-order valence-corrected chi connectivity index (χ2v) is 9.85. The molecule has 0 saturated heterocycles. The molecule has 6 nitrogen and oxygen atoms in total. The summed E-state index contributed by atoms with van der Waals surface area (Å²) in [5, 5.41) is 1.30. The molecule has 0 spiro atoms. The van der Waals surface area contributed by atoms with E-state index in [0.29, 0.717) is 23.0 Å². The number of H-pyrrole nitrogens is 1. The average molecular weight is 486 g/mol. The van der Waals surface area contributed by atoms with Gasteiger partial charge in [-0.3, -0.25) is 9.78 Å². The van der Waals surface area contributed by atoms with Crippen LogP contribution in [0, 0.1) is 20.8 Å². The van der Waals surface area contributed by atoms with Crippen LogP contribution in [0.15, 0.2) is 59.4 Å². The molecule has 0 unspecified atom stereocenters. The lowest BCUT2D eigenvalue weighted by atomic mass is 10.0. The van der Waals surface area contributed by atoms with Crippen molar-refractivity contribution in [3.05, 3.63) is 98.7 Å². The molecule has 0 fully saturated rings. The van der Waals surface area contributed by atoms with E-state index < -0.39 is 0 Å². The number of fused-ring (bicyclic) bond motifs is 1. The summed E-state index contributed by atoms with van der Waals surface area (Å²) in [5.41, 5.74) is 6.01. The fourth-order valence-electron chi connectivity index (χ4n) is 4.26. The van der Waals surface area contributed by atoms with Crippen molar-refractivity contribution in [2.75, 3.05) is 6.61 Å². The summed E-state index contributed by atoms with van der Waals surface area (Å²) in [6.45, 7) is 6.34. The number of nitrogens with one attached hydrogen (secondary N) is 1. The number of aryl methyl sites for hydroxylation is 4. The SMILES string of the molecule is Cc1nc(C(=O)c2oc3cccc(OCCCc4[nH]ccc4Cc4cccnc4)c3c2C)sc1C. The van der Waals surface area contributed by atoms with Gasteiger partial charge in [-0.25, -0.2) is 4.98 Å². The van der Waals surface area contributed by atoms with Crippen LogP contribution in [0.25, 0.3) is 11.0 Å². The minimum absolute atomic E-state index is 0.182. The minimum Gasteiger partial charge on any atom is -0.493 e. The first-order valence-corrected chi connectivity index (χ1v) is 12.5. The number of hydrogen-bond acceptors (Lipinski definition) is 6. The molecule has 4 heterocycles. The summed E-state index contributed by atoms with van der Waals surface area (Å²) >= 11 is 1.40. The Morgan fingerprint density at radius 2 is 2.03 bits per heavy atom. The van der Waals surface area contributed by atoms with Crippen molar-refractivity contribution in [3.63, 3.8) is 0 Å². The molecular weight excluding hydrogens is 458 g/mol. The molecule has 35 heavy (non-hydrogen) atoms. The molecule has 5 aromatic rings. The van der Waals surface area contributed by atoms with Gasteiger partial charge in [0.05, 0.1) is 17.7 Å². The third kappa shape index (κ3) is 4.77. The monoisotopic (exact) mass is 485 g/mol. The number of aromatic nitrogens is 3. The number of thiazole rings is 1. The Hall–Kier alpha value is -3.71. The normalized spacial score (nSPS) is 11.3. The van der Waals surface area contributed by atoms with Crippen LogP contribution in [0.5, 0.6) is 5.75 Å². The Morgan fingerprint density at radius 3 is 2.80 bits per heavy atom. The largest absolute Gasteiger partial charge is 0.493 e. The molecule has 0 radical (unpaired) electrons. The van der Waals surface area contributed by atoms with Gasteiger partial charge in [-0.1, -0.05) is 12.1 Å². The topological polar surface area (TPSA) is 81.0 Å². The molecule has 0 amide bonds. The summed E-state index contributed by atoms with van der Waals surface area (Å²) in [5.74, 6) is 0.881. The molecule has 0 atom stereocenters. The number of aromatic amines is 1. The number of ketones is 1. The zero-order valence-electron chi connectivity index (χ0n) is 20.1. The van der Waals surface area contributed by atoms with Gasteiger partial charge in [0, 0.05) is 41.1 Å². The van der Waals surface area contributed by atoms with E-state index in [1.54, 1.807) is 6.20 Å². The highest BCUT2D eigenvalue weighted by molar-refractivity contribution is 7.13. The maximum absolute atomic E-state index is 13.1. The maximum atomic E-state index is 13.1. The highest BCUT2D eigenvalue weighted by Gasteiger charge is 2.24. The number of ether oxygens (including phenoxy) is 1. The number of hydrogen-bond donors (Lipinski definition) is 1. The number of nitrogens with zero attached hydrogens (tertiary/aromatic N) is 2. The lowest BCUT2D eigenvalue weighted by Gasteiger charge is -2.08. The second-order valence-electron chi connectivity index (χ2n) is 8.65. The van der Waals surface area contributed by atoms with Gasteiger partial charge >= 0.3 is 0 Å². The lowest BCUT2D eigenvalue weighted by molar-refractivity contribution is 0.101. The Balaban J connectivity index is 1.27. The average Bonchev–Trinajstić information content (AvgIpc) is 3.55. The number of rotatable bonds is 9. The van der Waals surface area contributed by atoms with Crippen LogP contribution in [-0.4, -0.2) is 27.3 Å². The summed E-state index contributed by atoms with van der Waals surface area (Å²) in [6.07, 6.45) is 8.29. The molecule has 1 aromatic carbocycles. The van der Waals surface area contributed by atoms with Gasteiger partial charge in [0.25, 0.3) is 5.78 Å². The molecule has 0 saturated carbocycles. The third-order valence-corrected chi connectivity index (χ3v) is 7.29. The number of benzene rings is 1. The van der Waals surface area contributed by atoms with Crippen molar-refractivity contribution in [2.24, 2.45) is 0 Å².